The van der Waals surface area contributed by atoms with Crippen LogP contribution in [0.1, 0.15) is 13.8 Å². The number of rotatable bonds is 7. The number of hydrogen-bond donors (Lipinski definition) is 0. The van der Waals surface area contributed by atoms with Gasteiger partial charge in [-0.1, -0.05) is 6.07 Å². The van der Waals surface area contributed by atoms with Gasteiger partial charge >= 0.3 is 0 Å². The van der Waals surface area contributed by atoms with Crippen LogP contribution in [0.4, 0.5) is 5.69 Å². The molecule has 0 aliphatic heterocycles. The third kappa shape index (κ3) is 4.01. The number of carbonyl (C=O) groups excluding carboxylic acids is 1. The molecule has 0 unspecified atom stereocenters. The predicted octanol–water partition coefficient (Wildman–Crippen LogP) is 1.08. The monoisotopic (exact) mass is 329 g/mol. The van der Waals surface area contributed by atoms with Crippen LogP contribution in [-0.4, -0.2) is 55.1 Å². The zero-order valence-corrected chi connectivity index (χ0v) is 13.5. The Bertz CT molecular complexity index is 655. The molecule has 0 aliphatic carbocycles. The number of benzene rings is 1. The second-order valence-corrected chi connectivity index (χ2v) is 6.63. The molecule has 0 aromatic heterocycles. The highest BCUT2D eigenvalue weighted by Gasteiger charge is 2.25. The quantitative estimate of drug-likeness (QED) is 0.550. The van der Waals surface area contributed by atoms with Gasteiger partial charge in [0.1, 0.15) is 0 Å². The summed E-state index contributed by atoms with van der Waals surface area (Å²) in [5.74, 6) is -0.318. The summed E-state index contributed by atoms with van der Waals surface area (Å²) in [6.45, 7) is 4.26. The van der Waals surface area contributed by atoms with Crippen molar-refractivity contribution in [2.75, 3.05) is 26.7 Å². The van der Waals surface area contributed by atoms with Gasteiger partial charge in [0.25, 0.3) is 5.69 Å². The zero-order valence-electron chi connectivity index (χ0n) is 12.7. The first-order valence-electron chi connectivity index (χ1n) is 6.72. The lowest BCUT2D eigenvalue weighted by molar-refractivity contribution is -0.385. The van der Waals surface area contributed by atoms with Gasteiger partial charge in [0.05, 0.1) is 16.4 Å². The fraction of sp³-hybridized carbons (Fsp3) is 0.462. The molecule has 1 aromatic rings. The molecule has 9 heteroatoms. The fourth-order valence-corrected chi connectivity index (χ4v) is 3.05. The van der Waals surface area contributed by atoms with Crippen LogP contribution in [0.25, 0.3) is 0 Å². The molecule has 1 aromatic carbocycles. The molecule has 0 saturated carbocycles. The summed E-state index contributed by atoms with van der Waals surface area (Å²) < 4.78 is 25.6. The Morgan fingerprint density at radius 1 is 1.27 bits per heavy atom. The van der Waals surface area contributed by atoms with Gasteiger partial charge in [-0.05, 0) is 19.9 Å². The number of likely N-dealkylation sites (N-methyl/N-ethyl adjacent to an activating group) is 2. The van der Waals surface area contributed by atoms with Crippen LogP contribution in [0.2, 0.25) is 0 Å². The first-order chi connectivity index (χ1) is 10.2. The lowest BCUT2D eigenvalue weighted by Gasteiger charge is -2.22. The van der Waals surface area contributed by atoms with Crippen LogP contribution in [0.15, 0.2) is 29.2 Å². The van der Waals surface area contributed by atoms with Gasteiger partial charge in [0.2, 0.25) is 15.9 Å². The van der Waals surface area contributed by atoms with Crippen LogP contribution >= 0.6 is 0 Å². The molecular weight excluding hydrogens is 310 g/mol. The van der Waals surface area contributed by atoms with Crippen molar-refractivity contribution in [3.63, 3.8) is 0 Å². The van der Waals surface area contributed by atoms with Gasteiger partial charge in [-0.2, -0.15) is 4.31 Å². The summed E-state index contributed by atoms with van der Waals surface area (Å²) in [4.78, 5) is 23.3. The van der Waals surface area contributed by atoms with Crippen molar-refractivity contribution in [1.82, 2.24) is 9.21 Å². The lowest BCUT2D eigenvalue weighted by Crippen LogP contribution is -2.40. The third-order valence-electron chi connectivity index (χ3n) is 3.21. The van der Waals surface area contributed by atoms with E-state index in [1.807, 2.05) is 0 Å². The van der Waals surface area contributed by atoms with E-state index in [4.69, 9.17) is 0 Å². The summed E-state index contributed by atoms with van der Waals surface area (Å²) in [6, 6.07) is 4.75. The maximum Gasteiger partial charge on any atom is 0.270 e. The molecular formula is C13H19N3O5S. The van der Waals surface area contributed by atoms with Gasteiger partial charge in [-0.3, -0.25) is 14.9 Å². The Labute approximate surface area is 129 Å². The van der Waals surface area contributed by atoms with Crippen LogP contribution in [0.3, 0.4) is 0 Å². The Kier molecular flexibility index (Phi) is 6.01. The summed E-state index contributed by atoms with van der Waals surface area (Å²) in [6.07, 6.45) is 0. The van der Waals surface area contributed by atoms with Crippen molar-refractivity contribution < 1.29 is 18.1 Å². The molecule has 8 nitrogen and oxygen atoms in total. The Hall–Kier alpha value is -2.00. The average molecular weight is 329 g/mol. The molecule has 0 spiro atoms. The van der Waals surface area contributed by atoms with Crippen molar-refractivity contribution in [1.29, 1.82) is 0 Å². The molecule has 0 radical (unpaired) electrons. The molecule has 0 N–H and O–H groups in total. The van der Waals surface area contributed by atoms with E-state index >= 15 is 0 Å². The maximum atomic E-state index is 12.4. The minimum absolute atomic E-state index is 0.212. The molecule has 1 rings (SSSR count). The van der Waals surface area contributed by atoms with Gasteiger partial charge in [0, 0.05) is 32.3 Å². The first-order valence-corrected chi connectivity index (χ1v) is 8.16. The molecule has 0 saturated heterocycles. The maximum absolute atomic E-state index is 12.4. The molecule has 1 amide bonds. The van der Waals surface area contributed by atoms with Crippen molar-refractivity contribution in [3.8, 4) is 0 Å². The highest BCUT2D eigenvalue weighted by Crippen LogP contribution is 2.20. The number of sulfonamides is 1. The third-order valence-corrected chi connectivity index (χ3v) is 5.01. The van der Waals surface area contributed by atoms with Crippen molar-refractivity contribution in [3.05, 3.63) is 34.4 Å². The second kappa shape index (κ2) is 7.32. The van der Waals surface area contributed by atoms with E-state index in [0.717, 1.165) is 10.4 Å². The summed E-state index contributed by atoms with van der Waals surface area (Å²) in [7, 11) is -2.69. The Balaban J connectivity index is 3.01. The zero-order chi connectivity index (χ0) is 16.9. The molecule has 0 heterocycles. The molecule has 0 atom stereocenters. The van der Waals surface area contributed by atoms with Gasteiger partial charge < -0.3 is 4.90 Å². The van der Waals surface area contributed by atoms with E-state index in [-0.39, 0.29) is 23.0 Å². The average Bonchev–Trinajstić information content (AvgIpc) is 2.48. The minimum Gasteiger partial charge on any atom is -0.342 e. The number of nitrogens with zero attached hydrogens (tertiary/aromatic N) is 3. The van der Waals surface area contributed by atoms with Gasteiger partial charge in [0.15, 0.2) is 0 Å². The highest BCUT2D eigenvalue weighted by atomic mass is 32.2. The lowest BCUT2D eigenvalue weighted by atomic mass is 10.3. The predicted molar refractivity (Wildman–Crippen MR) is 80.8 cm³/mol. The van der Waals surface area contributed by atoms with E-state index in [2.05, 4.69) is 0 Å². The normalized spacial score (nSPS) is 11.5. The number of carbonyl (C=O) groups is 1. The Morgan fingerprint density at radius 3 is 2.36 bits per heavy atom. The SMILES string of the molecule is CCN(CC)C(=O)CN(C)S(=O)(=O)c1cccc([N+](=O)[O-])c1. The van der Waals surface area contributed by atoms with E-state index in [1.165, 1.54) is 30.1 Å². The summed E-state index contributed by atoms with van der Waals surface area (Å²) in [5, 5.41) is 10.7. The van der Waals surface area contributed by atoms with Crippen LogP contribution in [-0.2, 0) is 14.8 Å². The number of amides is 1. The van der Waals surface area contributed by atoms with Crippen LogP contribution < -0.4 is 0 Å². The summed E-state index contributed by atoms with van der Waals surface area (Å²) >= 11 is 0. The smallest absolute Gasteiger partial charge is 0.270 e. The molecule has 0 bridgehead atoms. The first kappa shape index (κ1) is 18.1. The van der Waals surface area contributed by atoms with E-state index in [0.29, 0.717) is 13.1 Å². The van der Waals surface area contributed by atoms with Gasteiger partial charge in [-0.15, -0.1) is 0 Å². The topological polar surface area (TPSA) is 101 Å². The van der Waals surface area contributed by atoms with Crippen LogP contribution in [0.5, 0.6) is 0 Å². The van der Waals surface area contributed by atoms with E-state index < -0.39 is 14.9 Å². The number of nitro benzene ring substituents is 1. The second-order valence-electron chi connectivity index (χ2n) is 4.58. The van der Waals surface area contributed by atoms with Crippen molar-refractivity contribution in [2.45, 2.75) is 18.7 Å². The van der Waals surface area contributed by atoms with E-state index in [9.17, 15) is 23.3 Å². The van der Waals surface area contributed by atoms with Crippen LogP contribution in [0, 0.1) is 10.1 Å². The standard InChI is InChI=1S/C13H19N3O5S/c1-4-15(5-2)13(17)10-14(3)22(20,21)12-8-6-7-11(9-12)16(18)19/h6-9H,4-5,10H2,1-3H3. The van der Waals surface area contributed by atoms with Crippen molar-refractivity contribution in [2.24, 2.45) is 0 Å². The largest absolute Gasteiger partial charge is 0.342 e. The fourth-order valence-electron chi connectivity index (χ4n) is 1.89. The summed E-state index contributed by atoms with van der Waals surface area (Å²) in [5.41, 5.74) is -0.315. The minimum atomic E-state index is -3.96. The Morgan fingerprint density at radius 2 is 1.86 bits per heavy atom. The number of hydrogen-bond acceptors (Lipinski definition) is 5. The molecule has 22 heavy (non-hydrogen) atoms. The van der Waals surface area contributed by atoms with E-state index in [1.54, 1.807) is 13.8 Å². The highest BCUT2D eigenvalue weighted by molar-refractivity contribution is 7.89. The number of non-ortho nitro benzene ring substituents is 1. The molecule has 122 valence electrons. The molecule has 0 fully saturated rings. The number of nitro groups is 1. The van der Waals surface area contributed by atoms with Crippen molar-refractivity contribution >= 4 is 21.6 Å². The molecule has 0 aliphatic rings. The van der Waals surface area contributed by atoms with Gasteiger partial charge in [-0.25, -0.2) is 8.42 Å².